The topological polar surface area (TPSA) is 29.5 Å². The van der Waals surface area contributed by atoms with Crippen molar-refractivity contribution in [2.45, 2.75) is 51.7 Å². The van der Waals surface area contributed by atoms with Gasteiger partial charge in [0.1, 0.15) is 0 Å². The Labute approximate surface area is 116 Å². The van der Waals surface area contributed by atoms with Crippen molar-refractivity contribution >= 4 is 0 Å². The lowest BCUT2D eigenvalue weighted by Crippen LogP contribution is -2.31. The normalized spacial score (nSPS) is 35.3. The minimum absolute atomic E-state index is 0.113. The summed E-state index contributed by atoms with van der Waals surface area (Å²) in [5.41, 5.74) is 1.34. The van der Waals surface area contributed by atoms with Crippen LogP contribution in [0.4, 0.5) is 0 Å². The summed E-state index contributed by atoms with van der Waals surface area (Å²) in [7, 11) is 1.76. The summed E-state index contributed by atoms with van der Waals surface area (Å²) < 4.78 is 5.52. The molecule has 2 heteroatoms. The number of aliphatic hydroxyl groups excluding tert-OH is 1. The van der Waals surface area contributed by atoms with Crippen LogP contribution < -0.4 is 0 Å². The zero-order valence-electron chi connectivity index (χ0n) is 12.5. The van der Waals surface area contributed by atoms with Crippen LogP contribution in [-0.4, -0.2) is 23.9 Å². The monoisotopic (exact) mass is 262 g/mol. The van der Waals surface area contributed by atoms with Gasteiger partial charge in [0.15, 0.2) is 0 Å². The molecular weight excluding hydrogens is 236 g/mol. The van der Waals surface area contributed by atoms with Crippen LogP contribution >= 0.6 is 0 Å². The van der Waals surface area contributed by atoms with Crippen molar-refractivity contribution in [2.24, 2.45) is 11.3 Å². The quantitative estimate of drug-likeness (QED) is 0.787. The van der Waals surface area contributed by atoms with Crippen LogP contribution in [0, 0.1) is 11.3 Å². The van der Waals surface area contributed by atoms with Crippen molar-refractivity contribution in [1.29, 1.82) is 0 Å². The number of ether oxygens (including phenoxy) is 1. The van der Waals surface area contributed by atoms with E-state index >= 15 is 0 Å². The Kier molecular flexibility index (Phi) is 4.03. The molecule has 19 heavy (non-hydrogen) atoms. The number of methoxy groups -OCH3 is 1. The highest BCUT2D eigenvalue weighted by Gasteiger charge is 2.34. The number of hydrogen-bond donors (Lipinski definition) is 1. The van der Waals surface area contributed by atoms with Gasteiger partial charge in [0, 0.05) is 7.11 Å². The molecule has 0 aromatic rings. The molecule has 0 aromatic heterocycles. The lowest BCUT2D eigenvalue weighted by Gasteiger charge is -2.39. The first-order valence-electron chi connectivity index (χ1n) is 7.19. The lowest BCUT2D eigenvalue weighted by atomic mass is 9.67. The molecule has 0 amide bonds. The minimum Gasteiger partial charge on any atom is -0.389 e. The maximum atomic E-state index is 9.57. The van der Waals surface area contributed by atoms with Gasteiger partial charge in [-0.3, -0.25) is 0 Å². The molecule has 0 saturated heterocycles. The number of allylic oxidation sites excluding steroid dienone is 3. The average molecular weight is 262 g/mol. The summed E-state index contributed by atoms with van der Waals surface area (Å²) in [4.78, 5) is 0. The molecule has 2 nitrogen and oxygen atoms in total. The van der Waals surface area contributed by atoms with E-state index in [9.17, 15) is 5.11 Å². The van der Waals surface area contributed by atoms with Gasteiger partial charge in [0.25, 0.3) is 0 Å². The van der Waals surface area contributed by atoms with Gasteiger partial charge in [-0.1, -0.05) is 44.2 Å². The Hall–Kier alpha value is -0.860. The number of hydrogen-bond acceptors (Lipinski definition) is 2. The molecule has 0 radical (unpaired) electrons. The molecule has 0 bridgehead atoms. The van der Waals surface area contributed by atoms with E-state index in [1.54, 1.807) is 7.11 Å². The van der Waals surface area contributed by atoms with Gasteiger partial charge >= 0.3 is 0 Å². The third kappa shape index (κ3) is 3.01. The Morgan fingerprint density at radius 2 is 2.05 bits per heavy atom. The van der Waals surface area contributed by atoms with Gasteiger partial charge in [-0.05, 0) is 43.1 Å². The van der Waals surface area contributed by atoms with Crippen molar-refractivity contribution in [1.82, 2.24) is 0 Å². The minimum atomic E-state index is -0.250. The van der Waals surface area contributed by atoms with Crippen molar-refractivity contribution in [3.63, 3.8) is 0 Å². The standard InChI is InChI=1S/C17H26O2/c1-16(2,13-5-7-15(18)8-6-13)14-9-11-17(3,19-4)12-10-14/h5,7,9-11,13,15,18H,6,8,12H2,1-4H3. The summed E-state index contributed by atoms with van der Waals surface area (Å²) in [6, 6.07) is 0. The van der Waals surface area contributed by atoms with Crippen molar-refractivity contribution in [3.8, 4) is 0 Å². The Bertz CT molecular complexity index is 417. The Morgan fingerprint density at radius 3 is 2.53 bits per heavy atom. The van der Waals surface area contributed by atoms with E-state index in [-0.39, 0.29) is 17.1 Å². The molecule has 2 aliphatic rings. The van der Waals surface area contributed by atoms with Crippen LogP contribution in [0.25, 0.3) is 0 Å². The highest BCUT2D eigenvalue weighted by molar-refractivity contribution is 5.34. The maximum Gasteiger partial charge on any atom is 0.0868 e. The van der Waals surface area contributed by atoms with Gasteiger partial charge in [0.05, 0.1) is 11.7 Å². The van der Waals surface area contributed by atoms with Crippen LogP contribution in [0.3, 0.4) is 0 Å². The summed E-state index contributed by atoms with van der Waals surface area (Å²) in [6.07, 6.45) is 13.4. The molecule has 2 rings (SSSR count). The fourth-order valence-electron chi connectivity index (χ4n) is 2.96. The maximum absolute atomic E-state index is 9.57. The van der Waals surface area contributed by atoms with E-state index in [0.29, 0.717) is 5.92 Å². The molecule has 0 spiro atoms. The molecule has 0 heterocycles. The largest absolute Gasteiger partial charge is 0.389 e. The SMILES string of the molecule is COC1(C)C=CC(C(C)(C)C2C=CC(O)CC2)=CC1. The average Bonchev–Trinajstić information content (AvgIpc) is 2.40. The van der Waals surface area contributed by atoms with Crippen LogP contribution in [0.2, 0.25) is 0 Å². The first-order valence-corrected chi connectivity index (χ1v) is 7.19. The molecule has 0 aromatic carbocycles. The molecule has 0 aliphatic heterocycles. The van der Waals surface area contributed by atoms with Gasteiger partial charge in [-0.15, -0.1) is 0 Å². The summed E-state index contributed by atoms with van der Waals surface area (Å²) >= 11 is 0. The van der Waals surface area contributed by atoms with Gasteiger partial charge in [-0.2, -0.15) is 0 Å². The van der Waals surface area contributed by atoms with Crippen molar-refractivity contribution < 1.29 is 9.84 Å². The molecule has 0 saturated carbocycles. The van der Waals surface area contributed by atoms with Crippen LogP contribution in [0.5, 0.6) is 0 Å². The molecule has 0 fully saturated rings. The van der Waals surface area contributed by atoms with Crippen LogP contribution in [0.15, 0.2) is 36.0 Å². The zero-order valence-corrected chi connectivity index (χ0v) is 12.5. The highest BCUT2D eigenvalue weighted by atomic mass is 16.5. The zero-order chi connectivity index (χ0) is 14.1. The lowest BCUT2D eigenvalue weighted by molar-refractivity contribution is 0.0494. The molecule has 3 unspecified atom stereocenters. The predicted octanol–water partition coefficient (Wildman–Crippen LogP) is 3.63. The number of aliphatic hydroxyl groups is 1. The molecule has 2 aliphatic carbocycles. The molecule has 3 atom stereocenters. The fourth-order valence-corrected chi connectivity index (χ4v) is 2.96. The smallest absolute Gasteiger partial charge is 0.0868 e. The van der Waals surface area contributed by atoms with Crippen LogP contribution in [-0.2, 0) is 4.74 Å². The second kappa shape index (κ2) is 5.26. The second-order valence-electron chi connectivity index (χ2n) is 6.57. The van der Waals surface area contributed by atoms with E-state index in [2.05, 4.69) is 45.1 Å². The summed E-state index contributed by atoms with van der Waals surface area (Å²) in [5.74, 6) is 0.499. The Morgan fingerprint density at radius 1 is 1.32 bits per heavy atom. The fraction of sp³-hybridized carbons (Fsp3) is 0.647. The second-order valence-corrected chi connectivity index (χ2v) is 6.57. The predicted molar refractivity (Wildman–Crippen MR) is 78.9 cm³/mol. The van der Waals surface area contributed by atoms with Crippen molar-refractivity contribution in [3.05, 3.63) is 36.0 Å². The third-order valence-electron chi connectivity index (χ3n) is 4.82. The first kappa shape index (κ1) is 14.5. The third-order valence-corrected chi connectivity index (χ3v) is 4.82. The van der Waals surface area contributed by atoms with Gasteiger partial charge < -0.3 is 9.84 Å². The molecule has 1 N–H and O–H groups in total. The van der Waals surface area contributed by atoms with E-state index < -0.39 is 0 Å². The van der Waals surface area contributed by atoms with E-state index in [1.165, 1.54) is 5.57 Å². The molecular formula is C17H26O2. The van der Waals surface area contributed by atoms with Crippen LogP contribution in [0.1, 0.15) is 40.0 Å². The van der Waals surface area contributed by atoms with E-state index in [0.717, 1.165) is 19.3 Å². The summed E-state index contributed by atoms with van der Waals surface area (Å²) in [5, 5.41) is 9.57. The van der Waals surface area contributed by atoms with E-state index in [4.69, 9.17) is 4.74 Å². The van der Waals surface area contributed by atoms with E-state index in [1.807, 2.05) is 6.08 Å². The molecule has 106 valence electrons. The Balaban J connectivity index is 2.14. The first-order chi connectivity index (χ1) is 8.87. The van der Waals surface area contributed by atoms with Gasteiger partial charge in [0.2, 0.25) is 0 Å². The van der Waals surface area contributed by atoms with Crippen molar-refractivity contribution in [2.75, 3.05) is 7.11 Å². The van der Waals surface area contributed by atoms with Gasteiger partial charge in [-0.25, -0.2) is 0 Å². The number of rotatable bonds is 3. The highest BCUT2D eigenvalue weighted by Crippen LogP contribution is 2.43. The summed E-state index contributed by atoms with van der Waals surface area (Å²) in [6.45, 7) is 6.71.